The Balaban J connectivity index is 1.08. The van der Waals surface area contributed by atoms with Crippen molar-refractivity contribution in [3.8, 4) is 45.5 Å². The number of furan rings is 1. The molecule has 0 aliphatic rings. The maximum atomic E-state index is 6.92. The Kier molecular flexibility index (Phi) is 7.21. The van der Waals surface area contributed by atoms with Crippen molar-refractivity contribution in [3.63, 3.8) is 0 Å². The Hall–Kier alpha value is -8.35. The SMILES string of the molecule is c1ccc(-c2nc(-c3ccccc3)nc(-c3cc4ccccc4c4c3oc3ccc(-n5c6ccccc6c6cc7c(cc65)c5ccccc5n7-c5ccccc5)cc34)n2)cc1. The van der Waals surface area contributed by atoms with E-state index in [4.69, 9.17) is 19.4 Å². The molecule has 0 aliphatic heterocycles. The van der Waals surface area contributed by atoms with Gasteiger partial charge in [-0.05, 0) is 71.4 Å². The van der Waals surface area contributed by atoms with Crippen molar-refractivity contribution >= 4 is 76.3 Å². The quantitative estimate of drug-likeness (QED) is 0.175. The molecule has 0 fully saturated rings. The average Bonchev–Trinajstić information content (AvgIpc) is 3.99. The molecule has 0 aliphatic carbocycles. The molecule has 284 valence electrons. The summed E-state index contributed by atoms with van der Waals surface area (Å²) in [5.74, 6) is 1.77. The van der Waals surface area contributed by atoms with Crippen molar-refractivity contribution in [2.75, 3.05) is 0 Å². The average molecular weight is 780 g/mol. The van der Waals surface area contributed by atoms with Gasteiger partial charge in [0.2, 0.25) is 0 Å². The normalized spacial score (nSPS) is 11.9. The first-order valence-corrected chi connectivity index (χ1v) is 20.5. The van der Waals surface area contributed by atoms with Crippen LogP contribution in [0.1, 0.15) is 0 Å². The van der Waals surface area contributed by atoms with Gasteiger partial charge in [0.15, 0.2) is 17.5 Å². The van der Waals surface area contributed by atoms with E-state index in [1.165, 1.54) is 32.6 Å². The van der Waals surface area contributed by atoms with Gasteiger partial charge in [-0.2, -0.15) is 0 Å². The van der Waals surface area contributed by atoms with Crippen molar-refractivity contribution in [1.82, 2.24) is 24.1 Å². The molecule has 0 atom stereocenters. The predicted octanol–water partition coefficient (Wildman–Crippen LogP) is 14.1. The minimum atomic E-state index is 0.559. The smallest absolute Gasteiger partial charge is 0.167 e. The third kappa shape index (κ3) is 5.12. The summed E-state index contributed by atoms with van der Waals surface area (Å²) < 4.78 is 11.7. The summed E-state index contributed by atoms with van der Waals surface area (Å²) in [6.07, 6.45) is 0. The number of fused-ring (bicyclic) bond motifs is 11. The van der Waals surface area contributed by atoms with Crippen LogP contribution in [0.2, 0.25) is 0 Å². The Bertz CT molecular complexity index is 3810. The molecule has 4 aromatic heterocycles. The molecule has 9 aromatic carbocycles. The maximum Gasteiger partial charge on any atom is 0.167 e. The fourth-order valence-corrected chi connectivity index (χ4v) is 9.41. The van der Waals surface area contributed by atoms with Crippen molar-refractivity contribution in [3.05, 3.63) is 200 Å². The van der Waals surface area contributed by atoms with Crippen LogP contribution in [-0.2, 0) is 0 Å². The van der Waals surface area contributed by atoms with Crippen LogP contribution in [0.4, 0.5) is 0 Å². The highest BCUT2D eigenvalue weighted by Crippen LogP contribution is 2.44. The first-order chi connectivity index (χ1) is 30.2. The van der Waals surface area contributed by atoms with Crippen LogP contribution in [0.3, 0.4) is 0 Å². The number of rotatable bonds is 5. The van der Waals surface area contributed by atoms with E-state index in [0.29, 0.717) is 17.5 Å². The van der Waals surface area contributed by atoms with Crippen molar-refractivity contribution in [2.24, 2.45) is 0 Å². The Morgan fingerprint density at radius 2 is 0.852 bits per heavy atom. The van der Waals surface area contributed by atoms with E-state index in [1.54, 1.807) is 0 Å². The van der Waals surface area contributed by atoms with Gasteiger partial charge in [0.05, 0.1) is 27.6 Å². The first kappa shape index (κ1) is 33.6. The molecule has 0 saturated carbocycles. The maximum absolute atomic E-state index is 6.92. The summed E-state index contributed by atoms with van der Waals surface area (Å²) >= 11 is 0. The molecule has 13 rings (SSSR count). The largest absolute Gasteiger partial charge is 0.455 e. The fourth-order valence-electron chi connectivity index (χ4n) is 9.41. The highest BCUT2D eigenvalue weighted by atomic mass is 16.3. The summed E-state index contributed by atoms with van der Waals surface area (Å²) in [4.78, 5) is 15.2. The second kappa shape index (κ2) is 13.1. The van der Waals surface area contributed by atoms with Gasteiger partial charge in [0, 0.05) is 54.8 Å². The molecule has 0 saturated heterocycles. The number of aromatic nitrogens is 5. The highest BCUT2D eigenvalue weighted by Gasteiger charge is 2.23. The monoisotopic (exact) mass is 779 g/mol. The van der Waals surface area contributed by atoms with Gasteiger partial charge < -0.3 is 13.6 Å². The molecule has 0 amide bonds. The van der Waals surface area contributed by atoms with Crippen LogP contribution in [0.25, 0.3) is 122 Å². The number of nitrogens with zero attached hydrogens (tertiary/aromatic N) is 5. The second-order valence-corrected chi connectivity index (χ2v) is 15.6. The van der Waals surface area contributed by atoms with E-state index in [-0.39, 0.29) is 0 Å². The van der Waals surface area contributed by atoms with Gasteiger partial charge in [0.25, 0.3) is 0 Å². The standard InChI is InChI=1S/C55H33N5O/c1-4-16-34(17-5-1)53-56-54(35-18-6-2-7-19-35)58-55(57-53)45-30-36-20-10-11-23-39(36)51-44-31-38(28-29-50(44)61-52(45)51)60-47-27-15-13-25-41(47)43-32-48-42(33-49(43)60)40-24-12-14-26-46(40)59(48)37-21-8-3-9-22-37/h1-33H. The van der Waals surface area contributed by atoms with Gasteiger partial charge in [-0.15, -0.1) is 0 Å². The zero-order valence-corrected chi connectivity index (χ0v) is 32.7. The van der Waals surface area contributed by atoms with Crippen molar-refractivity contribution in [1.29, 1.82) is 0 Å². The molecule has 0 bridgehead atoms. The molecule has 6 nitrogen and oxygen atoms in total. The molecule has 61 heavy (non-hydrogen) atoms. The third-order valence-electron chi connectivity index (χ3n) is 12.1. The molecule has 6 heteroatoms. The van der Waals surface area contributed by atoms with Gasteiger partial charge >= 0.3 is 0 Å². The van der Waals surface area contributed by atoms with Gasteiger partial charge in [0.1, 0.15) is 11.2 Å². The van der Waals surface area contributed by atoms with E-state index in [0.717, 1.165) is 71.8 Å². The fraction of sp³-hybridized carbons (Fsp3) is 0. The summed E-state index contributed by atoms with van der Waals surface area (Å²) in [7, 11) is 0. The highest BCUT2D eigenvalue weighted by molar-refractivity contribution is 6.23. The van der Waals surface area contributed by atoms with E-state index in [2.05, 4.69) is 149 Å². The molecular weight excluding hydrogens is 747 g/mol. The van der Waals surface area contributed by atoms with Crippen LogP contribution in [0, 0.1) is 0 Å². The van der Waals surface area contributed by atoms with Gasteiger partial charge in [-0.1, -0.05) is 140 Å². The number of hydrogen-bond donors (Lipinski definition) is 0. The predicted molar refractivity (Wildman–Crippen MR) is 250 cm³/mol. The van der Waals surface area contributed by atoms with Gasteiger partial charge in [-0.25, -0.2) is 15.0 Å². The minimum absolute atomic E-state index is 0.559. The topological polar surface area (TPSA) is 61.7 Å². The second-order valence-electron chi connectivity index (χ2n) is 15.6. The zero-order valence-electron chi connectivity index (χ0n) is 32.7. The molecule has 0 unspecified atom stereocenters. The summed E-state index contributed by atoms with van der Waals surface area (Å²) in [5, 5.41) is 9.08. The van der Waals surface area contributed by atoms with E-state index < -0.39 is 0 Å². The Morgan fingerprint density at radius 1 is 0.344 bits per heavy atom. The molecule has 13 aromatic rings. The lowest BCUT2D eigenvalue weighted by molar-refractivity contribution is 0.669. The van der Waals surface area contributed by atoms with Crippen molar-refractivity contribution in [2.45, 2.75) is 0 Å². The summed E-state index contributed by atoms with van der Waals surface area (Å²) in [6.45, 7) is 0. The molecule has 0 spiro atoms. The Labute approximate surface area is 349 Å². The molecular formula is C55H33N5O. The van der Waals surface area contributed by atoms with E-state index >= 15 is 0 Å². The van der Waals surface area contributed by atoms with Crippen LogP contribution < -0.4 is 0 Å². The number of benzene rings is 9. The summed E-state index contributed by atoms with van der Waals surface area (Å²) in [6, 6.07) is 70.3. The van der Waals surface area contributed by atoms with Crippen LogP contribution in [0.5, 0.6) is 0 Å². The van der Waals surface area contributed by atoms with E-state index in [9.17, 15) is 0 Å². The lowest BCUT2D eigenvalue weighted by atomic mass is 9.99. The Morgan fingerprint density at radius 3 is 1.48 bits per heavy atom. The molecule has 0 radical (unpaired) electrons. The molecule has 4 heterocycles. The third-order valence-corrected chi connectivity index (χ3v) is 12.1. The molecule has 0 N–H and O–H groups in total. The van der Waals surface area contributed by atoms with Crippen LogP contribution in [-0.4, -0.2) is 24.1 Å². The zero-order chi connectivity index (χ0) is 40.0. The first-order valence-electron chi connectivity index (χ1n) is 20.5. The van der Waals surface area contributed by atoms with Crippen molar-refractivity contribution < 1.29 is 4.42 Å². The van der Waals surface area contributed by atoms with Crippen LogP contribution in [0.15, 0.2) is 205 Å². The minimum Gasteiger partial charge on any atom is -0.455 e. The van der Waals surface area contributed by atoms with E-state index in [1.807, 2.05) is 60.7 Å². The van der Waals surface area contributed by atoms with Gasteiger partial charge in [-0.3, -0.25) is 0 Å². The number of hydrogen-bond acceptors (Lipinski definition) is 4. The van der Waals surface area contributed by atoms with Crippen LogP contribution >= 0.6 is 0 Å². The number of para-hydroxylation sites is 3. The summed E-state index contributed by atoms with van der Waals surface area (Å²) in [5.41, 5.74) is 11.1. The lowest BCUT2D eigenvalue weighted by Crippen LogP contribution is -2.00. The lowest BCUT2D eigenvalue weighted by Gasteiger charge is -2.10.